The number of rotatable bonds is 7. The zero-order valence-corrected chi connectivity index (χ0v) is 17.9. The van der Waals surface area contributed by atoms with E-state index in [2.05, 4.69) is 0 Å². The third kappa shape index (κ3) is 5.29. The summed E-state index contributed by atoms with van der Waals surface area (Å²) in [6, 6.07) is 24.4. The molecule has 0 bridgehead atoms. The van der Waals surface area contributed by atoms with Crippen LogP contribution in [-0.2, 0) is 23.7 Å². The quantitative estimate of drug-likeness (QED) is 0.391. The van der Waals surface area contributed by atoms with Gasteiger partial charge in [-0.1, -0.05) is 54.6 Å². The Morgan fingerprint density at radius 1 is 0.647 bits per heavy atom. The van der Waals surface area contributed by atoms with Crippen LogP contribution in [0.25, 0.3) is 0 Å². The summed E-state index contributed by atoms with van der Waals surface area (Å²) in [7, 11) is 0. The van der Waals surface area contributed by atoms with Crippen molar-refractivity contribution in [1.29, 1.82) is 0 Å². The van der Waals surface area contributed by atoms with E-state index in [0.717, 1.165) is 0 Å². The molecule has 3 aromatic rings. The Morgan fingerprint density at radius 2 is 1.09 bits per heavy atom. The predicted molar refractivity (Wildman–Crippen MR) is 118 cm³/mol. The molecular formula is C26H20O8. The highest BCUT2D eigenvalue weighted by molar-refractivity contribution is 5.93. The van der Waals surface area contributed by atoms with Crippen molar-refractivity contribution in [3.63, 3.8) is 0 Å². The minimum absolute atomic E-state index is 0.211. The molecule has 0 unspecified atom stereocenters. The summed E-state index contributed by atoms with van der Waals surface area (Å²) >= 11 is 0. The maximum absolute atomic E-state index is 12.7. The fourth-order valence-electron chi connectivity index (χ4n) is 3.33. The number of ether oxygens (including phenoxy) is 4. The Kier molecular flexibility index (Phi) is 6.98. The summed E-state index contributed by atoms with van der Waals surface area (Å²) in [5.41, 5.74) is 0.745. The van der Waals surface area contributed by atoms with Crippen LogP contribution in [-0.4, -0.2) is 48.8 Å². The second kappa shape index (κ2) is 10.4. The largest absolute Gasteiger partial charge is 0.458 e. The highest BCUT2D eigenvalue weighted by Gasteiger charge is 2.51. The minimum Gasteiger partial charge on any atom is -0.458 e. The van der Waals surface area contributed by atoms with Crippen LogP contribution in [0.15, 0.2) is 91.0 Å². The summed E-state index contributed by atoms with van der Waals surface area (Å²) in [6.07, 6.45) is -4.02. The molecule has 4 rings (SSSR count). The van der Waals surface area contributed by atoms with Gasteiger partial charge in [0.2, 0.25) is 6.10 Å². The monoisotopic (exact) mass is 460 g/mol. The number of cyclic esters (lactones) is 1. The Bertz CT molecular complexity index is 1160. The smallest absolute Gasteiger partial charge is 0.352 e. The van der Waals surface area contributed by atoms with Crippen LogP contribution in [0.1, 0.15) is 31.1 Å². The van der Waals surface area contributed by atoms with E-state index in [0.29, 0.717) is 5.56 Å². The van der Waals surface area contributed by atoms with Crippen molar-refractivity contribution in [3.8, 4) is 0 Å². The van der Waals surface area contributed by atoms with Gasteiger partial charge in [0.05, 0.1) is 16.7 Å². The van der Waals surface area contributed by atoms with Crippen LogP contribution >= 0.6 is 0 Å². The van der Waals surface area contributed by atoms with E-state index in [1.165, 1.54) is 24.3 Å². The number of hydrogen-bond acceptors (Lipinski definition) is 8. The van der Waals surface area contributed by atoms with E-state index in [-0.39, 0.29) is 11.1 Å². The average molecular weight is 460 g/mol. The zero-order chi connectivity index (χ0) is 23.9. The SMILES string of the molecule is O=C(OC[C@H]1OC(=O)[C@H](OC(=O)c2ccccc2)[C@@H]1OC(=O)c1ccccc1)c1ccccc1. The van der Waals surface area contributed by atoms with Gasteiger partial charge in [0.25, 0.3) is 0 Å². The number of esters is 4. The van der Waals surface area contributed by atoms with Gasteiger partial charge in [-0.3, -0.25) is 0 Å². The molecule has 0 aliphatic carbocycles. The highest BCUT2D eigenvalue weighted by atomic mass is 16.7. The molecular weight excluding hydrogens is 440 g/mol. The van der Waals surface area contributed by atoms with Gasteiger partial charge < -0.3 is 18.9 Å². The summed E-state index contributed by atoms with van der Waals surface area (Å²) in [4.78, 5) is 50.1. The molecule has 0 spiro atoms. The van der Waals surface area contributed by atoms with Gasteiger partial charge >= 0.3 is 23.9 Å². The summed E-state index contributed by atoms with van der Waals surface area (Å²) < 4.78 is 21.4. The molecule has 34 heavy (non-hydrogen) atoms. The molecule has 0 amide bonds. The van der Waals surface area contributed by atoms with Crippen molar-refractivity contribution in [3.05, 3.63) is 108 Å². The summed E-state index contributed by atoms with van der Waals surface area (Å²) in [5, 5.41) is 0. The van der Waals surface area contributed by atoms with E-state index >= 15 is 0 Å². The van der Waals surface area contributed by atoms with Crippen molar-refractivity contribution in [2.45, 2.75) is 18.3 Å². The fraction of sp³-hybridized carbons (Fsp3) is 0.154. The molecule has 3 atom stereocenters. The van der Waals surface area contributed by atoms with Crippen molar-refractivity contribution >= 4 is 23.9 Å². The number of hydrogen-bond donors (Lipinski definition) is 0. The molecule has 1 heterocycles. The van der Waals surface area contributed by atoms with Crippen LogP contribution in [0.3, 0.4) is 0 Å². The molecule has 0 saturated carbocycles. The molecule has 1 saturated heterocycles. The number of carbonyl (C=O) groups is 4. The lowest BCUT2D eigenvalue weighted by atomic mass is 10.1. The Balaban J connectivity index is 1.51. The van der Waals surface area contributed by atoms with Gasteiger partial charge in [0, 0.05) is 0 Å². The lowest BCUT2D eigenvalue weighted by Crippen LogP contribution is -2.41. The van der Waals surface area contributed by atoms with Gasteiger partial charge in [-0.05, 0) is 36.4 Å². The fourth-order valence-corrected chi connectivity index (χ4v) is 3.33. The number of carbonyl (C=O) groups excluding carboxylic acids is 4. The Labute approximate surface area is 195 Å². The van der Waals surface area contributed by atoms with Crippen molar-refractivity contribution in [1.82, 2.24) is 0 Å². The maximum atomic E-state index is 12.7. The van der Waals surface area contributed by atoms with Gasteiger partial charge in [-0.15, -0.1) is 0 Å². The minimum atomic E-state index is -1.53. The average Bonchev–Trinajstić information content (AvgIpc) is 3.17. The van der Waals surface area contributed by atoms with E-state index < -0.39 is 48.8 Å². The molecule has 8 nitrogen and oxygen atoms in total. The van der Waals surface area contributed by atoms with Crippen molar-refractivity contribution in [2.24, 2.45) is 0 Å². The lowest BCUT2D eigenvalue weighted by Gasteiger charge is -2.21. The lowest BCUT2D eigenvalue weighted by molar-refractivity contribution is -0.148. The van der Waals surface area contributed by atoms with Gasteiger partial charge in [0.15, 0.2) is 12.2 Å². The van der Waals surface area contributed by atoms with E-state index in [4.69, 9.17) is 18.9 Å². The molecule has 8 heteroatoms. The molecule has 1 aliphatic heterocycles. The molecule has 172 valence electrons. The van der Waals surface area contributed by atoms with Crippen LogP contribution in [0, 0.1) is 0 Å². The second-order valence-corrected chi connectivity index (χ2v) is 7.37. The van der Waals surface area contributed by atoms with E-state index in [1.54, 1.807) is 66.7 Å². The first-order valence-corrected chi connectivity index (χ1v) is 10.5. The molecule has 3 aromatic carbocycles. The van der Waals surface area contributed by atoms with Gasteiger partial charge in [-0.2, -0.15) is 0 Å². The summed E-state index contributed by atoms with van der Waals surface area (Å²) in [6.45, 7) is -0.397. The molecule has 1 aliphatic rings. The van der Waals surface area contributed by atoms with Crippen LogP contribution in [0.2, 0.25) is 0 Å². The highest BCUT2D eigenvalue weighted by Crippen LogP contribution is 2.25. The van der Waals surface area contributed by atoms with Crippen molar-refractivity contribution in [2.75, 3.05) is 6.61 Å². The first kappa shape index (κ1) is 22.7. The first-order valence-electron chi connectivity index (χ1n) is 10.5. The molecule has 0 aromatic heterocycles. The first-order chi connectivity index (χ1) is 16.5. The molecule has 1 fully saturated rings. The predicted octanol–water partition coefficient (Wildman–Crippen LogP) is 3.22. The summed E-state index contributed by atoms with van der Waals surface area (Å²) in [5.74, 6) is -3.08. The van der Waals surface area contributed by atoms with Crippen LogP contribution in [0.4, 0.5) is 0 Å². The van der Waals surface area contributed by atoms with Gasteiger partial charge in [0.1, 0.15) is 6.61 Å². The normalized spacial score (nSPS) is 19.1. The Hall–Kier alpha value is -4.46. The third-order valence-corrected chi connectivity index (χ3v) is 5.05. The maximum Gasteiger partial charge on any atom is 0.352 e. The van der Waals surface area contributed by atoms with E-state index in [1.807, 2.05) is 0 Å². The molecule has 0 N–H and O–H groups in total. The van der Waals surface area contributed by atoms with Gasteiger partial charge in [-0.25, -0.2) is 19.2 Å². The molecule has 0 radical (unpaired) electrons. The van der Waals surface area contributed by atoms with E-state index in [9.17, 15) is 19.2 Å². The van der Waals surface area contributed by atoms with Crippen LogP contribution < -0.4 is 0 Å². The topological polar surface area (TPSA) is 105 Å². The van der Waals surface area contributed by atoms with Crippen LogP contribution in [0.5, 0.6) is 0 Å². The standard InChI is InChI=1S/C26H20O8/c27-23(17-10-4-1-5-11-17)31-16-20-21(33-24(28)18-12-6-2-7-13-18)22(26(30)32-20)34-25(29)19-14-8-3-9-15-19/h1-15,20-22H,16H2/t20-,21-,22-/m1/s1. The number of benzene rings is 3. The third-order valence-electron chi connectivity index (χ3n) is 5.05. The van der Waals surface area contributed by atoms with Crippen molar-refractivity contribution < 1.29 is 38.1 Å². The second-order valence-electron chi connectivity index (χ2n) is 7.37. The zero-order valence-electron chi connectivity index (χ0n) is 17.9. The Morgan fingerprint density at radius 3 is 1.59 bits per heavy atom.